The predicted octanol–water partition coefficient (Wildman–Crippen LogP) is 6.23. The molecule has 5 rings (SSSR count). The van der Waals surface area contributed by atoms with E-state index in [-0.39, 0.29) is 17.8 Å². The first kappa shape index (κ1) is 28.0. The Morgan fingerprint density at radius 3 is 2.65 bits per heavy atom. The Balaban J connectivity index is 1.27. The molecule has 2 heterocycles. The van der Waals surface area contributed by atoms with Crippen molar-refractivity contribution >= 4 is 56.8 Å². The van der Waals surface area contributed by atoms with Crippen LogP contribution in [0.15, 0.2) is 59.6 Å². The van der Waals surface area contributed by atoms with Crippen LogP contribution in [0.25, 0.3) is 10.9 Å². The third-order valence-corrected chi connectivity index (χ3v) is 9.37. The minimum absolute atomic E-state index is 0.0990. The second-order valence-corrected chi connectivity index (χ2v) is 12.3. The van der Waals surface area contributed by atoms with Crippen molar-refractivity contribution in [3.05, 3.63) is 81.9 Å². The van der Waals surface area contributed by atoms with Gasteiger partial charge in [-0.2, -0.15) is 0 Å². The monoisotopic (exact) mass is 575 g/mol. The fourth-order valence-corrected chi connectivity index (χ4v) is 7.27. The number of benzene rings is 2. The number of thiophene rings is 1. The topological polar surface area (TPSA) is 89.4 Å². The lowest BCUT2D eigenvalue weighted by atomic mass is 10.1. The number of hydrogen-bond acceptors (Lipinski definition) is 6. The Hall–Kier alpha value is -3.56. The summed E-state index contributed by atoms with van der Waals surface area (Å²) in [6.45, 7) is 7.03. The number of nitrogens with zero attached hydrogens (tertiary/aromatic N) is 1. The van der Waals surface area contributed by atoms with Gasteiger partial charge in [-0.3, -0.25) is 9.59 Å². The molecule has 4 aromatic rings. The number of rotatable bonds is 10. The molecule has 9 heteroatoms. The summed E-state index contributed by atoms with van der Waals surface area (Å²) >= 11 is 2.97. The lowest BCUT2D eigenvalue weighted by molar-refractivity contribution is -0.115. The normalized spacial score (nSPS) is 13.2. The van der Waals surface area contributed by atoms with Crippen LogP contribution in [0.3, 0.4) is 0 Å². The largest absolute Gasteiger partial charge is 0.462 e. The van der Waals surface area contributed by atoms with Crippen molar-refractivity contribution < 1.29 is 19.1 Å². The molecule has 1 atom stereocenters. The molecule has 0 saturated heterocycles. The SMILES string of the molecule is CCOC(=O)c1c(NC(=O)C(C)Sc2cn(CCNC(=O)c3ccc(C)cc3)c3ccccc23)sc2c1CCC2. The highest BCUT2D eigenvalue weighted by Crippen LogP contribution is 2.40. The summed E-state index contributed by atoms with van der Waals surface area (Å²) < 4.78 is 7.41. The van der Waals surface area contributed by atoms with Gasteiger partial charge in [0.15, 0.2) is 0 Å². The van der Waals surface area contributed by atoms with Gasteiger partial charge in [0, 0.05) is 45.5 Å². The van der Waals surface area contributed by atoms with Crippen LogP contribution in [0.1, 0.15) is 57.0 Å². The smallest absolute Gasteiger partial charge is 0.341 e. The van der Waals surface area contributed by atoms with Crippen LogP contribution in [0.5, 0.6) is 0 Å². The van der Waals surface area contributed by atoms with Gasteiger partial charge in [-0.1, -0.05) is 35.9 Å². The zero-order valence-electron chi connectivity index (χ0n) is 22.9. The van der Waals surface area contributed by atoms with Crippen LogP contribution < -0.4 is 10.6 Å². The third kappa shape index (κ3) is 5.95. The summed E-state index contributed by atoms with van der Waals surface area (Å²) in [5, 5.41) is 7.27. The van der Waals surface area contributed by atoms with Crippen molar-refractivity contribution in [2.45, 2.75) is 56.7 Å². The Morgan fingerprint density at radius 1 is 1.10 bits per heavy atom. The van der Waals surface area contributed by atoms with E-state index in [4.69, 9.17) is 4.74 Å². The van der Waals surface area contributed by atoms with E-state index in [0.717, 1.165) is 51.1 Å². The van der Waals surface area contributed by atoms with Gasteiger partial charge in [-0.25, -0.2) is 4.79 Å². The zero-order chi connectivity index (χ0) is 28.2. The zero-order valence-corrected chi connectivity index (χ0v) is 24.5. The minimum atomic E-state index is -0.396. The van der Waals surface area contributed by atoms with Gasteiger partial charge in [-0.05, 0) is 63.8 Å². The number of carbonyl (C=O) groups is 3. The molecular weight excluding hydrogens is 542 g/mol. The molecule has 2 N–H and O–H groups in total. The fraction of sp³-hybridized carbons (Fsp3) is 0.323. The molecule has 0 saturated carbocycles. The molecule has 1 aliphatic carbocycles. The van der Waals surface area contributed by atoms with Crippen molar-refractivity contribution in [2.24, 2.45) is 0 Å². The average molecular weight is 576 g/mol. The number of anilines is 1. The number of amides is 2. The molecule has 0 spiro atoms. The van der Waals surface area contributed by atoms with Gasteiger partial charge in [0.25, 0.3) is 5.91 Å². The number of hydrogen-bond donors (Lipinski definition) is 2. The average Bonchev–Trinajstić information content (AvgIpc) is 3.62. The highest BCUT2D eigenvalue weighted by atomic mass is 32.2. The van der Waals surface area contributed by atoms with E-state index in [1.807, 2.05) is 68.6 Å². The first-order valence-electron chi connectivity index (χ1n) is 13.6. The summed E-state index contributed by atoms with van der Waals surface area (Å²) in [5.41, 5.74) is 4.34. The van der Waals surface area contributed by atoms with E-state index in [1.54, 1.807) is 6.92 Å². The maximum absolute atomic E-state index is 13.3. The van der Waals surface area contributed by atoms with Gasteiger partial charge >= 0.3 is 5.97 Å². The number of carbonyl (C=O) groups excluding carboxylic acids is 3. The Bertz CT molecular complexity index is 1550. The van der Waals surface area contributed by atoms with Gasteiger partial charge in [-0.15, -0.1) is 23.1 Å². The molecule has 1 aliphatic rings. The lowest BCUT2D eigenvalue weighted by Gasteiger charge is -2.12. The second-order valence-electron chi connectivity index (χ2n) is 9.86. The van der Waals surface area contributed by atoms with Crippen LogP contribution in [0, 0.1) is 6.92 Å². The first-order valence-corrected chi connectivity index (χ1v) is 15.3. The fourth-order valence-electron chi connectivity index (χ4n) is 4.96. The van der Waals surface area contributed by atoms with Crippen molar-refractivity contribution in [3.63, 3.8) is 0 Å². The predicted molar refractivity (Wildman–Crippen MR) is 162 cm³/mol. The number of para-hydroxylation sites is 1. The quantitative estimate of drug-likeness (QED) is 0.173. The molecule has 208 valence electrons. The minimum Gasteiger partial charge on any atom is -0.462 e. The Kier molecular flexibility index (Phi) is 8.61. The summed E-state index contributed by atoms with van der Waals surface area (Å²) in [5.74, 6) is -0.620. The summed E-state index contributed by atoms with van der Waals surface area (Å²) in [6.07, 6.45) is 4.83. The molecular formula is C31H33N3O4S2. The molecule has 0 bridgehead atoms. The number of ether oxygens (including phenoxy) is 1. The van der Waals surface area contributed by atoms with E-state index in [2.05, 4.69) is 15.2 Å². The lowest BCUT2D eigenvalue weighted by Crippen LogP contribution is -2.27. The van der Waals surface area contributed by atoms with E-state index < -0.39 is 5.25 Å². The molecule has 40 heavy (non-hydrogen) atoms. The molecule has 1 unspecified atom stereocenters. The van der Waals surface area contributed by atoms with E-state index >= 15 is 0 Å². The summed E-state index contributed by atoms with van der Waals surface area (Å²) in [7, 11) is 0. The maximum Gasteiger partial charge on any atom is 0.341 e. The van der Waals surface area contributed by atoms with Gasteiger partial charge in [0.1, 0.15) is 5.00 Å². The van der Waals surface area contributed by atoms with Crippen LogP contribution in [0.2, 0.25) is 0 Å². The molecule has 2 aromatic carbocycles. The van der Waals surface area contributed by atoms with Crippen molar-refractivity contribution in [1.29, 1.82) is 0 Å². The highest BCUT2D eigenvalue weighted by molar-refractivity contribution is 8.00. The maximum atomic E-state index is 13.3. The number of fused-ring (bicyclic) bond motifs is 2. The number of thioether (sulfide) groups is 1. The van der Waals surface area contributed by atoms with Crippen molar-refractivity contribution in [1.82, 2.24) is 9.88 Å². The molecule has 0 aliphatic heterocycles. The van der Waals surface area contributed by atoms with Crippen LogP contribution >= 0.6 is 23.1 Å². The molecule has 0 radical (unpaired) electrons. The second kappa shape index (κ2) is 12.3. The van der Waals surface area contributed by atoms with Crippen LogP contribution in [-0.2, 0) is 28.9 Å². The Morgan fingerprint density at radius 2 is 1.88 bits per heavy atom. The highest BCUT2D eigenvalue weighted by Gasteiger charge is 2.29. The Labute approximate surface area is 242 Å². The summed E-state index contributed by atoms with van der Waals surface area (Å²) in [4.78, 5) is 40.7. The molecule has 7 nitrogen and oxygen atoms in total. The van der Waals surface area contributed by atoms with Gasteiger partial charge in [0.05, 0.1) is 17.4 Å². The van der Waals surface area contributed by atoms with E-state index in [0.29, 0.717) is 35.8 Å². The number of aryl methyl sites for hydroxylation is 2. The van der Waals surface area contributed by atoms with Crippen LogP contribution in [-0.4, -0.2) is 40.8 Å². The first-order chi connectivity index (χ1) is 19.4. The molecule has 2 aromatic heterocycles. The van der Waals surface area contributed by atoms with Gasteiger partial charge < -0.3 is 19.9 Å². The van der Waals surface area contributed by atoms with E-state index in [1.165, 1.54) is 23.1 Å². The molecule has 2 amide bonds. The van der Waals surface area contributed by atoms with Gasteiger partial charge in [0.2, 0.25) is 5.91 Å². The van der Waals surface area contributed by atoms with Crippen molar-refractivity contribution in [3.8, 4) is 0 Å². The number of esters is 1. The number of aromatic nitrogens is 1. The van der Waals surface area contributed by atoms with Crippen molar-refractivity contribution in [2.75, 3.05) is 18.5 Å². The third-order valence-electron chi connectivity index (χ3n) is 7.01. The van der Waals surface area contributed by atoms with E-state index in [9.17, 15) is 14.4 Å². The number of nitrogens with one attached hydrogen (secondary N) is 2. The standard InChI is InChI=1S/C31H33N3O4S2/c1-4-38-31(37)27-23-9-7-11-25(23)40-30(27)33-28(35)20(3)39-26-18-34(24-10-6-5-8-22(24)26)17-16-32-29(36)21-14-12-19(2)13-15-21/h5-6,8,10,12-15,18,20H,4,7,9,11,16-17H2,1-3H3,(H,32,36)(H,33,35). The van der Waals surface area contributed by atoms with Crippen LogP contribution in [0.4, 0.5) is 5.00 Å². The molecule has 0 fully saturated rings. The summed E-state index contributed by atoms with van der Waals surface area (Å²) in [6, 6.07) is 15.6.